The van der Waals surface area contributed by atoms with Gasteiger partial charge in [-0.2, -0.15) is 0 Å². The number of sulfonamides is 1. The summed E-state index contributed by atoms with van der Waals surface area (Å²) in [5.74, 6) is -0.268. The molecule has 2 N–H and O–H groups in total. The smallest absolute Gasteiger partial charge is 0.229 e. The molecule has 8 heteroatoms. The Hall–Kier alpha value is -2.19. The standard InChI is InChI=1S/C17H20N2O4S2/c1-12(13-5-3-6-14(11-13)19-25(2,22)23)18-17(21)9-8-15(20)16-7-4-10-24-16/h3-7,10-12,19H,8-9H2,1-2H3,(H,18,21)/t12-/m1/s1. The van der Waals surface area contributed by atoms with Gasteiger partial charge in [-0.25, -0.2) is 8.42 Å². The highest BCUT2D eigenvalue weighted by Crippen LogP contribution is 2.18. The maximum atomic E-state index is 12.0. The second-order valence-corrected chi connectivity index (χ2v) is 8.39. The molecule has 2 aromatic rings. The van der Waals surface area contributed by atoms with Gasteiger partial charge in [0.25, 0.3) is 0 Å². The highest BCUT2D eigenvalue weighted by Gasteiger charge is 2.13. The largest absolute Gasteiger partial charge is 0.350 e. The molecule has 0 aliphatic carbocycles. The summed E-state index contributed by atoms with van der Waals surface area (Å²) in [6.45, 7) is 1.80. The number of benzene rings is 1. The first-order valence-electron chi connectivity index (χ1n) is 7.68. The molecule has 1 heterocycles. The van der Waals surface area contributed by atoms with Gasteiger partial charge in [0, 0.05) is 18.5 Å². The molecule has 1 atom stereocenters. The molecule has 0 aliphatic heterocycles. The van der Waals surface area contributed by atoms with Crippen molar-refractivity contribution in [2.24, 2.45) is 0 Å². The van der Waals surface area contributed by atoms with Crippen molar-refractivity contribution in [2.45, 2.75) is 25.8 Å². The topological polar surface area (TPSA) is 92.3 Å². The molecule has 1 aromatic carbocycles. The van der Waals surface area contributed by atoms with Crippen LogP contribution in [0.3, 0.4) is 0 Å². The van der Waals surface area contributed by atoms with E-state index < -0.39 is 10.0 Å². The number of ketones is 1. The average molecular weight is 380 g/mol. The number of hydrogen-bond acceptors (Lipinski definition) is 5. The maximum absolute atomic E-state index is 12.0. The van der Waals surface area contributed by atoms with Crippen LogP contribution >= 0.6 is 11.3 Å². The normalized spacial score (nSPS) is 12.4. The van der Waals surface area contributed by atoms with Crippen LogP contribution in [0, 0.1) is 0 Å². The minimum absolute atomic E-state index is 0.0443. The Morgan fingerprint density at radius 1 is 1.16 bits per heavy atom. The lowest BCUT2D eigenvalue weighted by Gasteiger charge is -2.15. The van der Waals surface area contributed by atoms with Crippen molar-refractivity contribution in [3.63, 3.8) is 0 Å². The zero-order valence-electron chi connectivity index (χ0n) is 14.0. The summed E-state index contributed by atoms with van der Waals surface area (Å²) < 4.78 is 25.0. The van der Waals surface area contributed by atoms with Crippen LogP contribution in [0.1, 0.15) is 41.0 Å². The van der Waals surface area contributed by atoms with Gasteiger partial charge in [-0.05, 0) is 36.1 Å². The lowest BCUT2D eigenvalue weighted by Crippen LogP contribution is -2.27. The van der Waals surface area contributed by atoms with Crippen LogP contribution in [0.4, 0.5) is 5.69 Å². The highest BCUT2D eigenvalue weighted by molar-refractivity contribution is 7.92. The lowest BCUT2D eigenvalue weighted by atomic mass is 10.1. The van der Waals surface area contributed by atoms with E-state index in [1.165, 1.54) is 11.3 Å². The molecule has 0 bridgehead atoms. The van der Waals surface area contributed by atoms with Gasteiger partial charge in [0.2, 0.25) is 15.9 Å². The fourth-order valence-electron chi connectivity index (χ4n) is 2.27. The summed E-state index contributed by atoms with van der Waals surface area (Å²) in [6, 6.07) is 10.1. The fraction of sp³-hybridized carbons (Fsp3) is 0.294. The molecular formula is C17H20N2O4S2. The lowest BCUT2D eigenvalue weighted by molar-refractivity contribution is -0.121. The number of nitrogens with one attached hydrogen (secondary N) is 2. The summed E-state index contributed by atoms with van der Waals surface area (Å²) in [6.07, 6.45) is 1.35. The third kappa shape index (κ3) is 6.32. The number of thiophene rings is 1. The van der Waals surface area contributed by atoms with E-state index in [1.807, 2.05) is 5.38 Å². The van der Waals surface area contributed by atoms with Crippen LogP contribution in [0.25, 0.3) is 0 Å². The second kappa shape index (κ2) is 8.26. The summed E-state index contributed by atoms with van der Waals surface area (Å²) >= 11 is 1.36. The van der Waals surface area contributed by atoms with Crippen molar-refractivity contribution in [1.82, 2.24) is 5.32 Å². The van der Waals surface area contributed by atoms with Gasteiger partial charge >= 0.3 is 0 Å². The first-order chi connectivity index (χ1) is 11.7. The minimum atomic E-state index is -3.36. The molecule has 0 saturated carbocycles. The van der Waals surface area contributed by atoms with Crippen LogP contribution < -0.4 is 10.0 Å². The van der Waals surface area contributed by atoms with E-state index in [-0.39, 0.29) is 30.6 Å². The quantitative estimate of drug-likeness (QED) is 0.689. The summed E-state index contributed by atoms with van der Waals surface area (Å²) in [7, 11) is -3.36. The van der Waals surface area contributed by atoms with Crippen molar-refractivity contribution in [2.75, 3.05) is 11.0 Å². The first-order valence-corrected chi connectivity index (χ1v) is 10.5. The zero-order chi connectivity index (χ0) is 18.4. The molecule has 0 saturated heterocycles. The van der Waals surface area contributed by atoms with E-state index in [1.54, 1.807) is 43.3 Å². The van der Waals surface area contributed by atoms with Gasteiger partial charge in [0.05, 0.1) is 17.2 Å². The maximum Gasteiger partial charge on any atom is 0.229 e. The third-order valence-corrected chi connectivity index (χ3v) is 4.96. The summed E-state index contributed by atoms with van der Waals surface area (Å²) in [4.78, 5) is 24.6. The number of amides is 1. The highest BCUT2D eigenvalue weighted by atomic mass is 32.2. The molecule has 0 unspecified atom stereocenters. The molecule has 0 radical (unpaired) electrons. The van der Waals surface area contributed by atoms with Crippen LogP contribution in [0.15, 0.2) is 41.8 Å². The SMILES string of the molecule is C[C@@H](NC(=O)CCC(=O)c1cccs1)c1cccc(NS(C)(=O)=O)c1. The molecule has 0 fully saturated rings. The molecular weight excluding hydrogens is 360 g/mol. The van der Waals surface area contributed by atoms with E-state index in [0.717, 1.165) is 11.8 Å². The predicted molar refractivity (Wildman–Crippen MR) is 99.3 cm³/mol. The summed E-state index contributed by atoms with van der Waals surface area (Å²) in [5, 5.41) is 4.65. The monoisotopic (exact) mass is 380 g/mol. The molecule has 1 amide bonds. The Kier molecular flexibility index (Phi) is 6.33. The zero-order valence-corrected chi connectivity index (χ0v) is 15.6. The molecule has 134 valence electrons. The predicted octanol–water partition coefficient (Wildman–Crippen LogP) is 2.96. The fourth-order valence-corrected chi connectivity index (χ4v) is 3.52. The van der Waals surface area contributed by atoms with E-state index in [0.29, 0.717) is 10.6 Å². The van der Waals surface area contributed by atoms with E-state index >= 15 is 0 Å². The van der Waals surface area contributed by atoms with Crippen LogP contribution in [0.5, 0.6) is 0 Å². The number of carbonyl (C=O) groups is 2. The Bertz CT molecular complexity index is 845. The Morgan fingerprint density at radius 3 is 2.56 bits per heavy atom. The van der Waals surface area contributed by atoms with Gasteiger partial charge in [-0.3, -0.25) is 14.3 Å². The van der Waals surface area contributed by atoms with E-state index in [9.17, 15) is 18.0 Å². The van der Waals surface area contributed by atoms with Gasteiger partial charge in [-0.15, -0.1) is 11.3 Å². The van der Waals surface area contributed by atoms with Crippen molar-refractivity contribution in [3.05, 3.63) is 52.2 Å². The van der Waals surface area contributed by atoms with Crippen LogP contribution in [-0.4, -0.2) is 26.4 Å². The number of rotatable bonds is 8. The van der Waals surface area contributed by atoms with E-state index in [4.69, 9.17) is 0 Å². The van der Waals surface area contributed by atoms with Crippen molar-refractivity contribution >= 4 is 38.7 Å². The second-order valence-electron chi connectivity index (χ2n) is 5.69. The van der Waals surface area contributed by atoms with Crippen LogP contribution in [0.2, 0.25) is 0 Å². The average Bonchev–Trinajstić information content (AvgIpc) is 3.05. The molecule has 2 rings (SSSR count). The Labute approximate surface area is 151 Å². The Balaban J connectivity index is 1.90. The van der Waals surface area contributed by atoms with Gasteiger partial charge in [0.1, 0.15) is 0 Å². The molecule has 25 heavy (non-hydrogen) atoms. The van der Waals surface area contributed by atoms with Crippen LogP contribution in [-0.2, 0) is 14.8 Å². The van der Waals surface area contributed by atoms with Crippen molar-refractivity contribution in [1.29, 1.82) is 0 Å². The number of hydrogen-bond donors (Lipinski definition) is 2. The minimum Gasteiger partial charge on any atom is -0.350 e. The number of Topliss-reactive ketones (excluding diaryl/α,β-unsaturated/α-hetero) is 1. The number of anilines is 1. The molecule has 0 aliphatic rings. The van der Waals surface area contributed by atoms with Gasteiger partial charge in [-0.1, -0.05) is 18.2 Å². The first kappa shape index (κ1) is 19.1. The molecule has 0 spiro atoms. The molecule has 1 aromatic heterocycles. The third-order valence-electron chi connectivity index (χ3n) is 3.44. The van der Waals surface area contributed by atoms with E-state index in [2.05, 4.69) is 10.0 Å². The van der Waals surface area contributed by atoms with Crippen molar-refractivity contribution < 1.29 is 18.0 Å². The summed E-state index contributed by atoms with van der Waals surface area (Å²) in [5.41, 5.74) is 1.21. The number of carbonyl (C=O) groups excluding carboxylic acids is 2. The Morgan fingerprint density at radius 2 is 1.92 bits per heavy atom. The van der Waals surface area contributed by atoms with Gasteiger partial charge in [0.15, 0.2) is 5.78 Å². The molecule has 6 nitrogen and oxygen atoms in total. The van der Waals surface area contributed by atoms with Crippen molar-refractivity contribution in [3.8, 4) is 0 Å². The van der Waals surface area contributed by atoms with Gasteiger partial charge < -0.3 is 5.32 Å².